The van der Waals surface area contributed by atoms with Gasteiger partial charge < -0.3 is 10.5 Å². The zero-order chi connectivity index (χ0) is 13.0. The Bertz CT molecular complexity index is 427. The first-order valence-corrected chi connectivity index (χ1v) is 5.52. The van der Waals surface area contributed by atoms with Crippen molar-refractivity contribution < 1.29 is 18.3 Å². The van der Waals surface area contributed by atoms with Gasteiger partial charge in [0, 0.05) is 6.54 Å². The van der Waals surface area contributed by atoms with Crippen LogP contribution in [-0.2, 0) is 22.5 Å². The van der Waals surface area contributed by atoms with E-state index < -0.39 is 18.1 Å². The van der Waals surface area contributed by atoms with E-state index in [4.69, 9.17) is 5.73 Å². The van der Waals surface area contributed by atoms with Crippen LogP contribution in [-0.4, -0.2) is 18.1 Å². The van der Waals surface area contributed by atoms with Crippen molar-refractivity contribution in [2.75, 3.05) is 7.11 Å². The van der Waals surface area contributed by atoms with Gasteiger partial charge in [-0.25, -0.2) is 13.8 Å². The standard InChI is InChI=1S/C10H11BrF2N2O2/c1-17-8(16)3-6-5(4-14)2-7(11)15-9(6)10(12)13/h2,10H,3-4,14H2,1H3. The number of esters is 1. The lowest BCUT2D eigenvalue weighted by molar-refractivity contribution is -0.139. The van der Waals surface area contributed by atoms with Crippen molar-refractivity contribution >= 4 is 21.9 Å². The van der Waals surface area contributed by atoms with E-state index in [1.807, 2.05) is 0 Å². The number of methoxy groups -OCH3 is 1. The molecule has 0 aliphatic rings. The molecule has 1 heterocycles. The highest BCUT2D eigenvalue weighted by atomic mass is 79.9. The van der Waals surface area contributed by atoms with Crippen LogP contribution >= 0.6 is 15.9 Å². The first-order chi connectivity index (χ1) is 7.99. The van der Waals surface area contributed by atoms with E-state index in [1.165, 1.54) is 13.2 Å². The Morgan fingerprint density at radius 2 is 2.29 bits per heavy atom. The monoisotopic (exact) mass is 308 g/mol. The van der Waals surface area contributed by atoms with Crippen molar-refractivity contribution in [2.45, 2.75) is 19.4 Å². The highest BCUT2D eigenvalue weighted by Gasteiger charge is 2.21. The van der Waals surface area contributed by atoms with Crippen LogP contribution in [0.1, 0.15) is 23.2 Å². The second-order valence-electron chi connectivity index (χ2n) is 3.23. The molecule has 0 radical (unpaired) electrons. The molecule has 7 heteroatoms. The van der Waals surface area contributed by atoms with Gasteiger partial charge in [-0.1, -0.05) is 0 Å². The summed E-state index contributed by atoms with van der Waals surface area (Å²) in [5.74, 6) is -0.606. The number of nitrogens with two attached hydrogens (primary N) is 1. The van der Waals surface area contributed by atoms with Gasteiger partial charge in [0.25, 0.3) is 6.43 Å². The summed E-state index contributed by atoms with van der Waals surface area (Å²) in [7, 11) is 1.19. The van der Waals surface area contributed by atoms with Crippen LogP contribution < -0.4 is 5.73 Å². The van der Waals surface area contributed by atoms with Gasteiger partial charge in [0.1, 0.15) is 10.3 Å². The minimum atomic E-state index is -2.77. The molecule has 0 spiro atoms. The normalized spacial score (nSPS) is 10.7. The summed E-state index contributed by atoms with van der Waals surface area (Å²) in [6.07, 6.45) is -3.03. The lowest BCUT2D eigenvalue weighted by Crippen LogP contribution is -2.13. The predicted octanol–water partition coefficient (Wildman–Crippen LogP) is 1.96. The van der Waals surface area contributed by atoms with Gasteiger partial charge in [0.2, 0.25) is 0 Å². The molecule has 0 aliphatic carbocycles. The number of halogens is 3. The highest BCUT2D eigenvalue weighted by molar-refractivity contribution is 9.10. The van der Waals surface area contributed by atoms with E-state index in [1.54, 1.807) is 0 Å². The van der Waals surface area contributed by atoms with E-state index in [0.717, 1.165) is 0 Å². The van der Waals surface area contributed by atoms with Crippen LogP contribution in [0.3, 0.4) is 0 Å². The molecule has 0 fully saturated rings. The first-order valence-electron chi connectivity index (χ1n) is 4.72. The van der Waals surface area contributed by atoms with Crippen LogP contribution in [0.2, 0.25) is 0 Å². The SMILES string of the molecule is COC(=O)Cc1c(CN)cc(Br)nc1C(F)F. The molecule has 94 valence electrons. The first kappa shape index (κ1) is 14.0. The Morgan fingerprint density at radius 1 is 1.65 bits per heavy atom. The third-order valence-corrected chi connectivity index (χ3v) is 2.60. The molecule has 4 nitrogen and oxygen atoms in total. The minimum Gasteiger partial charge on any atom is -0.469 e. The average molecular weight is 309 g/mol. The lowest BCUT2D eigenvalue weighted by atomic mass is 10.0. The van der Waals surface area contributed by atoms with Crippen molar-refractivity contribution in [1.82, 2.24) is 4.98 Å². The quantitative estimate of drug-likeness (QED) is 0.682. The zero-order valence-electron chi connectivity index (χ0n) is 9.04. The fourth-order valence-electron chi connectivity index (χ4n) is 1.39. The van der Waals surface area contributed by atoms with Crippen molar-refractivity contribution in [2.24, 2.45) is 5.73 Å². The Balaban J connectivity index is 3.26. The van der Waals surface area contributed by atoms with Crippen LogP contribution in [0.5, 0.6) is 0 Å². The minimum absolute atomic E-state index is 0.0488. The molecule has 0 aromatic carbocycles. The molecule has 0 atom stereocenters. The number of carbonyl (C=O) groups is 1. The number of nitrogens with zero attached hydrogens (tertiary/aromatic N) is 1. The number of carbonyl (C=O) groups excluding carboxylic acids is 1. The zero-order valence-corrected chi connectivity index (χ0v) is 10.6. The fraction of sp³-hybridized carbons (Fsp3) is 0.400. The number of aromatic nitrogens is 1. The van der Waals surface area contributed by atoms with Gasteiger partial charge in [0.15, 0.2) is 0 Å². The molecule has 0 unspecified atom stereocenters. The molecular formula is C10H11BrF2N2O2. The number of ether oxygens (including phenoxy) is 1. The topological polar surface area (TPSA) is 65.2 Å². The highest BCUT2D eigenvalue weighted by Crippen LogP contribution is 2.26. The number of rotatable bonds is 4. The Hall–Kier alpha value is -1.08. The summed E-state index contributed by atoms with van der Waals surface area (Å²) in [5.41, 5.74) is 5.61. The summed E-state index contributed by atoms with van der Waals surface area (Å²) in [5, 5.41) is 0. The molecule has 1 rings (SSSR count). The van der Waals surface area contributed by atoms with Crippen molar-refractivity contribution in [1.29, 1.82) is 0 Å². The smallest absolute Gasteiger partial charge is 0.310 e. The maximum Gasteiger partial charge on any atom is 0.310 e. The number of hydrogen-bond donors (Lipinski definition) is 1. The molecule has 1 aromatic heterocycles. The van der Waals surface area contributed by atoms with E-state index in [-0.39, 0.29) is 23.1 Å². The molecule has 2 N–H and O–H groups in total. The molecule has 0 saturated carbocycles. The van der Waals surface area contributed by atoms with Gasteiger partial charge in [0.05, 0.1) is 13.5 Å². The third kappa shape index (κ3) is 3.44. The summed E-state index contributed by atoms with van der Waals surface area (Å²) in [6, 6.07) is 1.52. The van der Waals surface area contributed by atoms with Gasteiger partial charge >= 0.3 is 5.97 Å². The average Bonchev–Trinajstić information content (AvgIpc) is 2.30. The van der Waals surface area contributed by atoms with E-state index in [2.05, 4.69) is 25.7 Å². The van der Waals surface area contributed by atoms with Gasteiger partial charge in [-0.15, -0.1) is 0 Å². The Kier molecular flexibility index (Phi) is 4.95. The Morgan fingerprint density at radius 3 is 2.76 bits per heavy atom. The fourth-order valence-corrected chi connectivity index (χ4v) is 1.86. The maximum absolute atomic E-state index is 12.8. The van der Waals surface area contributed by atoms with Crippen molar-refractivity contribution in [3.63, 3.8) is 0 Å². The molecule has 0 aliphatic heterocycles. The van der Waals surface area contributed by atoms with E-state index >= 15 is 0 Å². The van der Waals surface area contributed by atoms with Gasteiger partial charge in [-0.3, -0.25) is 4.79 Å². The molecule has 1 aromatic rings. The van der Waals surface area contributed by atoms with Crippen molar-refractivity contribution in [3.05, 3.63) is 27.5 Å². The van der Waals surface area contributed by atoms with E-state index in [0.29, 0.717) is 5.56 Å². The van der Waals surface area contributed by atoms with Gasteiger partial charge in [-0.2, -0.15) is 0 Å². The van der Waals surface area contributed by atoms with Crippen LogP contribution in [0, 0.1) is 0 Å². The second-order valence-corrected chi connectivity index (χ2v) is 4.04. The second kappa shape index (κ2) is 6.02. The number of hydrogen-bond acceptors (Lipinski definition) is 4. The molecule has 0 bridgehead atoms. The number of pyridine rings is 1. The van der Waals surface area contributed by atoms with Crippen molar-refractivity contribution in [3.8, 4) is 0 Å². The van der Waals surface area contributed by atoms with Gasteiger partial charge in [-0.05, 0) is 33.1 Å². The Labute approximate surface area is 105 Å². The summed E-state index contributed by atoms with van der Waals surface area (Å²) < 4.78 is 30.3. The molecule has 17 heavy (non-hydrogen) atoms. The lowest BCUT2D eigenvalue weighted by Gasteiger charge is -2.12. The predicted molar refractivity (Wildman–Crippen MR) is 60.5 cm³/mol. The molecule has 0 saturated heterocycles. The molecular weight excluding hydrogens is 298 g/mol. The number of alkyl halides is 2. The summed E-state index contributed by atoms with van der Waals surface area (Å²) >= 11 is 3.02. The summed E-state index contributed by atoms with van der Waals surface area (Å²) in [4.78, 5) is 14.8. The van der Waals surface area contributed by atoms with Crippen LogP contribution in [0.4, 0.5) is 8.78 Å². The van der Waals surface area contributed by atoms with E-state index in [9.17, 15) is 13.6 Å². The summed E-state index contributed by atoms with van der Waals surface area (Å²) in [6.45, 7) is 0.0488. The largest absolute Gasteiger partial charge is 0.469 e. The van der Waals surface area contributed by atoms with Crippen LogP contribution in [0.25, 0.3) is 0 Å². The maximum atomic E-state index is 12.8. The van der Waals surface area contributed by atoms with Crippen LogP contribution in [0.15, 0.2) is 10.7 Å². The molecule has 0 amide bonds. The third-order valence-electron chi connectivity index (χ3n) is 2.19.